The predicted molar refractivity (Wildman–Crippen MR) is 86.6 cm³/mol. The van der Waals surface area contributed by atoms with Crippen LogP contribution in [0.5, 0.6) is 0 Å². The number of carbonyl (C=O) groups is 2. The fourth-order valence-electron chi connectivity index (χ4n) is 2.02. The average Bonchev–Trinajstić information content (AvgIpc) is 2.50. The Morgan fingerprint density at radius 2 is 1.96 bits per heavy atom. The van der Waals surface area contributed by atoms with Gasteiger partial charge >= 0.3 is 5.69 Å². The first-order chi connectivity index (χ1) is 10.8. The Labute approximate surface area is 133 Å². The van der Waals surface area contributed by atoms with Gasteiger partial charge in [0.1, 0.15) is 0 Å². The number of rotatable bonds is 7. The van der Waals surface area contributed by atoms with Crippen molar-refractivity contribution in [2.45, 2.75) is 19.8 Å². The molecular weight excluding hydrogens is 300 g/mol. The van der Waals surface area contributed by atoms with E-state index in [2.05, 4.69) is 0 Å². The van der Waals surface area contributed by atoms with Crippen molar-refractivity contribution in [2.75, 3.05) is 13.1 Å². The summed E-state index contributed by atoms with van der Waals surface area (Å²) < 4.78 is 2.21. The van der Waals surface area contributed by atoms with Crippen molar-refractivity contribution in [1.82, 2.24) is 14.0 Å². The standard InChI is InChI=1S/C15H22N4O4/c1-4-5-8-19(10-12(16)20)13(21)7-6-11-9-17(2)15(23)18(3)14(11)22/h6-7,9H,4-5,8,10H2,1-3H3,(H2,16,20)/b7-6-. The summed E-state index contributed by atoms with van der Waals surface area (Å²) in [5.41, 5.74) is 4.41. The Hall–Kier alpha value is -2.64. The average molecular weight is 322 g/mol. The quantitative estimate of drug-likeness (QED) is 0.664. The summed E-state index contributed by atoms with van der Waals surface area (Å²) in [5.74, 6) is -1.01. The topological polar surface area (TPSA) is 107 Å². The molecular formula is C15H22N4O4. The number of primary amides is 1. The van der Waals surface area contributed by atoms with E-state index in [9.17, 15) is 19.2 Å². The van der Waals surface area contributed by atoms with E-state index in [1.807, 2.05) is 6.92 Å². The minimum absolute atomic E-state index is 0.172. The molecule has 0 aliphatic heterocycles. The normalized spacial score (nSPS) is 10.9. The van der Waals surface area contributed by atoms with Crippen LogP contribution in [0.15, 0.2) is 21.9 Å². The van der Waals surface area contributed by atoms with E-state index in [1.165, 1.54) is 41.9 Å². The molecule has 0 unspecified atom stereocenters. The summed E-state index contributed by atoms with van der Waals surface area (Å²) in [6.07, 6.45) is 5.52. The van der Waals surface area contributed by atoms with Gasteiger partial charge in [0.05, 0.1) is 12.1 Å². The number of amides is 2. The molecule has 8 nitrogen and oxygen atoms in total. The lowest BCUT2D eigenvalue weighted by Crippen LogP contribution is -2.38. The van der Waals surface area contributed by atoms with E-state index >= 15 is 0 Å². The van der Waals surface area contributed by atoms with Crippen molar-refractivity contribution in [3.05, 3.63) is 38.7 Å². The van der Waals surface area contributed by atoms with Crippen molar-refractivity contribution in [1.29, 1.82) is 0 Å². The van der Waals surface area contributed by atoms with Crippen LogP contribution >= 0.6 is 0 Å². The van der Waals surface area contributed by atoms with Crippen molar-refractivity contribution in [3.63, 3.8) is 0 Å². The third kappa shape index (κ3) is 4.94. The third-order valence-electron chi connectivity index (χ3n) is 3.32. The fraction of sp³-hybridized carbons (Fsp3) is 0.467. The van der Waals surface area contributed by atoms with Crippen molar-refractivity contribution >= 4 is 17.9 Å². The van der Waals surface area contributed by atoms with Gasteiger partial charge in [-0.2, -0.15) is 0 Å². The Bertz CT molecular complexity index is 730. The lowest BCUT2D eigenvalue weighted by Gasteiger charge is -2.19. The Morgan fingerprint density at radius 1 is 1.30 bits per heavy atom. The van der Waals surface area contributed by atoms with Gasteiger partial charge < -0.3 is 15.2 Å². The van der Waals surface area contributed by atoms with Crippen LogP contribution in [0.1, 0.15) is 25.3 Å². The fourth-order valence-corrected chi connectivity index (χ4v) is 2.02. The molecule has 0 bridgehead atoms. The van der Waals surface area contributed by atoms with Crippen LogP contribution < -0.4 is 17.0 Å². The van der Waals surface area contributed by atoms with Crippen molar-refractivity contribution in [3.8, 4) is 0 Å². The molecule has 126 valence electrons. The number of aryl methyl sites for hydroxylation is 1. The number of hydrogen-bond donors (Lipinski definition) is 1. The van der Waals surface area contributed by atoms with Gasteiger partial charge in [-0.05, 0) is 12.5 Å². The summed E-state index contributed by atoms with van der Waals surface area (Å²) in [4.78, 5) is 48.1. The van der Waals surface area contributed by atoms with E-state index in [0.717, 1.165) is 17.4 Å². The van der Waals surface area contributed by atoms with Gasteiger partial charge in [0.15, 0.2) is 0 Å². The summed E-state index contributed by atoms with van der Waals surface area (Å²) in [5, 5.41) is 0. The lowest BCUT2D eigenvalue weighted by molar-refractivity contribution is -0.131. The first-order valence-electron chi connectivity index (χ1n) is 7.29. The van der Waals surface area contributed by atoms with Gasteiger partial charge in [-0.25, -0.2) is 4.79 Å². The van der Waals surface area contributed by atoms with E-state index < -0.39 is 23.1 Å². The maximum Gasteiger partial charge on any atom is 0.330 e. The van der Waals surface area contributed by atoms with Crippen molar-refractivity contribution in [2.24, 2.45) is 19.8 Å². The highest BCUT2D eigenvalue weighted by Gasteiger charge is 2.13. The van der Waals surface area contributed by atoms with Crippen molar-refractivity contribution < 1.29 is 9.59 Å². The number of hydrogen-bond acceptors (Lipinski definition) is 4. The van der Waals surface area contributed by atoms with Crippen LogP contribution in [-0.4, -0.2) is 38.9 Å². The van der Waals surface area contributed by atoms with Gasteiger partial charge in [0.25, 0.3) is 5.56 Å². The van der Waals surface area contributed by atoms with Gasteiger partial charge in [-0.3, -0.25) is 19.0 Å². The first kappa shape index (κ1) is 18.4. The Kier molecular flexibility index (Phi) is 6.49. The van der Waals surface area contributed by atoms with E-state index in [0.29, 0.717) is 6.54 Å². The molecule has 1 aromatic heterocycles. The van der Waals surface area contributed by atoms with E-state index in [-0.39, 0.29) is 12.1 Å². The monoisotopic (exact) mass is 322 g/mol. The highest BCUT2D eigenvalue weighted by Crippen LogP contribution is 1.99. The molecule has 2 amide bonds. The zero-order valence-corrected chi connectivity index (χ0v) is 13.6. The van der Waals surface area contributed by atoms with Gasteiger partial charge in [-0.1, -0.05) is 13.3 Å². The van der Waals surface area contributed by atoms with Crippen LogP contribution in [-0.2, 0) is 23.7 Å². The van der Waals surface area contributed by atoms with Crippen LogP contribution in [0, 0.1) is 0 Å². The van der Waals surface area contributed by atoms with Gasteiger partial charge in [0, 0.05) is 32.9 Å². The molecule has 0 aliphatic rings. The molecule has 0 aliphatic carbocycles. The summed E-state index contributed by atoms with van der Waals surface area (Å²) >= 11 is 0. The first-order valence-corrected chi connectivity index (χ1v) is 7.29. The maximum absolute atomic E-state index is 12.2. The zero-order chi connectivity index (χ0) is 17.6. The molecule has 1 rings (SSSR count). The molecule has 0 aromatic carbocycles. The molecule has 0 saturated carbocycles. The van der Waals surface area contributed by atoms with E-state index in [1.54, 1.807) is 0 Å². The van der Waals surface area contributed by atoms with Crippen LogP contribution in [0.25, 0.3) is 6.08 Å². The minimum Gasteiger partial charge on any atom is -0.368 e. The summed E-state index contributed by atoms with van der Waals surface area (Å²) in [6.45, 7) is 2.21. The molecule has 1 aromatic rings. The number of nitrogens with zero attached hydrogens (tertiary/aromatic N) is 3. The second-order valence-corrected chi connectivity index (χ2v) is 5.26. The molecule has 2 N–H and O–H groups in total. The number of nitrogens with two attached hydrogens (primary N) is 1. The summed E-state index contributed by atoms with van der Waals surface area (Å²) in [7, 11) is 2.88. The van der Waals surface area contributed by atoms with Gasteiger partial charge in [-0.15, -0.1) is 0 Å². The number of aromatic nitrogens is 2. The number of unbranched alkanes of at least 4 members (excludes halogenated alkanes) is 1. The van der Waals surface area contributed by atoms with Gasteiger partial charge in [0.2, 0.25) is 11.8 Å². The minimum atomic E-state index is -0.596. The number of carbonyl (C=O) groups excluding carboxylic acids is 2. The highest BCUT2D eigenvalue weighted by molar-refractivity contribution is 5.94. The Morgan fingerprint density at radius 3 is 2.52 bits per heavy atom. The molecule has 0 atom stereocenters. The molecule has 23 heavy (non-hydrogen) atoms. The zero-order valence-electron chi connectivity index (χ0n) is 13.6. The third-order valence-corrected chi connectivity index (χ3v) is 3.32. The van der Waals surface area contributed by atoms with Crippen LogP contribution in [0.4, 0.5) is 0 Å². The SMILES string of the molecule is CCCCN(CC(N)=O)C(=O)/C=C\c1cn(C)c(=O)n(C)c1=O. The molecule has 1 heterocycles. The largest absolute Gasteiger partial charge is 0.368 e. The molecule has 0 spiro atoms. The van der Waals surface area contributed by atoms with E-state index in [4.69, 9.17) is 5.73 Å². The Balaban J connectivity index is 3.02. The highest BCUT2D eigenvalue weighted by atomic mass is 16.2. The van der Waals surface area contributed by atoms with Crippen LogP contribution in [0.2, 0.25) is 0 Å². The lowest BCUT2D eigenvalue weighted by atomic mass is 10.2. The second-order valence-electron chi connectivity index (χ2n) is 5.26. The molecule has 0 saturated heterocycles. The van der Waals surface area contributed by atoms with Crippen LogP contribution in [0.3, 0.4) is 0 Å². The predicted octanol–water partition coefficient (Wildman–Crippen LogP) is -0.789. The maximum atomic E-state index is 12.2. The molecule has 0 fully saturated rings. The summed E-state index contributed by atoms with van der Waals surface area (Å²) in [6, 6.07) is 0. The molecule has 0 radical (unpaired) electrons. The smallest absolute Gasteiger partial charge is 0.330 e. The second kappa shape index (κ2) is 8.11. The molecule has 8 heteroatoms.